The Balaban J connectivity index is 2.19. The molecule has 1 aliphatic rings. The van der Waals surface area contributed by atoms with E-state index in [0.29, 0.717) is 12.8 Å². The van der Waals surface area contributed by atoms with E-state index in [4.69, 9.17) is 14.9 Å². The molecule has 3 nitrogen and oxygen atoms in total. The summed E-state index contributed by atoms with van der Waals surface area (Å²) in [4.78, 5) is 0. The normalized spacial score (nSPS) is 39.8. The first-order chi connectivity index (χ1) is 3.79. The molecule has 1 saturated heterocycles. The van der Waals surface area contributed by atoms with E-state index >= 15 is 0 Å². The van der Waals surface area contributed by atoms with Crippen LogP contribution in [0.4, 0.5) is 0 Å². The van der Waals surface area contributed by atoms with E-state index in [-0.39, 0.29) is 12.7 Å². The molecule has 8 heavy (non-hydrogen) atoms. The molecule has 0 radical (unpaired) electrons. The Labute approximate surface area is 47.9 Å². The predicted octanol–water partition coefficient (Wildman–Crippen LogP) is -0.524. The van der Waals surface area contributed by atoms with Crippen molar-refractivity contribution in [3.63, 3.8) is 0 Å². The summed E-state index contributed by atoms with van der Waals surface area (Å²) >= 11 is 0. The first kappa shape index (κ1) is 6.01. The molecule has 0 aliphatic carbocycles. The fraction of sp³-hybridized carbons (Fsp3) is 1.00. The summed E-state index contributed by atoms with van der Waals surface area (Å²) in [7, 11) is 0. The maximum atomic E-state index is 8.79. The van der Waals surface area contributed by atoms with Crippen molar-refractivity contribution in [3.05, 3.63) is 0 Å². The third-order valence-electron chi connectivity index (χ3n) is 1.23. The van der Waals surface area contributed by atoms with Gasteiger partial charge in [-0.15, -0.1) is 0 Å². The van der Waals surface area contributed by atoms with E-state index in [1.807, 2.05) is 0 Å². The minimum absolute atomic E-state index is 0.279. The quantitative estimate of drug-likeness (QED) is 0.450. The molecule has 1 unspecified atom stereocenters. The third-order valence-corrected chi connectivity index (χ3v) is 1.23. The van der Waals surface area contributed by atoms with Crippen LogP contribution < -0.4 is 0 Å². The van der Waals surface area contributed by atoms with Crippen LogP contribution in [-0.4, -0.2) is 29.2 Å². The van der Waals surface area contributed by atoms with Crippen molar-refractivity contribution in [2.45, 2.75) is 25.2 Å². The summed E-state index contributed by atoms with van der Waals surface area (Å²) < 4.78 is 4.70. The highest BCUT2D eigenvalue weighted by Crippen LogP contribution is 2.09. The molecular formula is C5H10O3. The molecule has 2 atom stereocenters. The third kappa shape index (κ3) is 1.43. The van der Waals surface area contributed by atoms with Crippen LogP contribution in [0.5, 0.6) is 0 Å². The van der Waals surface area contributed by atoms with Crippen molar-refractivity contribution < 1.29 is 14.9 Å². The molecule has 48 valence electrons. The van der Waals surface area contributed by atoms with Gasteiger partial charge in [0, 0.05) is 6.42 Å². The largest absolute Gasteiger partial charge is 0.391 e. The maximum absolute atomic E-state index is 8.79. The van der Waals surface area contributed by atoms with Gasteiger partial charge in [0.25, 0.3) is 0 Å². The highest BCUT2D eigenvalue weighted by atomic mass is 16.6. The van der Waals surface area contributed by atoms with Crippen LogP contribution in [0.15, 0.2) is 0 Å². The van der Waals surface area contributed by atoms with E-state index in [9.17, 15) is 0 Å². The van der Waals surface area contributed by atoms with Gasteiger partial charge >= 0.3 is 0 Å². The Morgan fingerprint density at radius 3 is 2.38 bits per heavy atom. The second-order valence-corrected chi connectivity index (χ2v) is 2.02. The monoisotopic (exact) mass is 118 g/mol. The van der Waals surface area contributed by atoms with Crippen LogP contribution in [0.3, 0.4) is 0 Å². The summed E-state index contributed by atoms with van der Waals surface area (Å²) in [6.45, 7) is 0.279. The second-order valence-electron chi connectivity index (χ2n) is 2.02. The smallest absolute Gasteiger partial charge is 0.154 e. The van der Waals surface area contributed by atoms with E-state index in [1.165, 1.54) is 0 Å². The van der Waals surface area contributed by atoms with Gasteiger partial charge < -0.3 is 14.9 Å². The van der Waals surface area contributed by atoms with Crippen LogP contribution in [0.25, 0.3) is 0 Å². The lowest BCUT2D eigenvalue weighted by molar-refractivity contribution is -0.155. The number of hydrogen-bond donors (Lipinski definition) is 2. The molecule has 1 fully saturated rings. The molecule has 1 aliphatic heterocycles. The van der Waals surface area contributed by atoms with Gasteiger partial charge in [-0.3, -0.25) is 0 Å². The molecular weight excluding hydrogens is 108 g/mol. The van der Waals surface area contributed by atoms with Gasteiger partial charge in [-0.25, -0.2) is 0 Å². The molecule has 0 bridgehead atoms. The summed E-state index contributed by atoms with van der Waals surface area (Å²) in [5.41, 5.74) is 0. The summed E-state index contributed by atoms with van der Waals surface area (Å²) in [6, 6.07) is 0. The molecule has 1 heterocycles. The van der Waals surface area contributed by atoms with Crippen molar-refractivity contribution in [1.29, 1.82) is 0 Å². The molecule has 0 amide bonds. The molecule has 1 rings (SSSR count). The van der Waals surface area contributed by atoms with Gasteiger partial charge in [-0.1, -0.05) is 0 Å². The zero-order valence-corrected chi connectivity index (χ0v) is 4.58. The lowest BCUT2D eigenvalue weighted by Gasteiger charge is -2.21. The van der Waals surface area contributed by atoms with Crippen molar-refractivity contribution in [1.82, 2.24) is 0 Å². The van der Waals surface area contributed by atoms with E-state index < -0.39 is 6.29 Å². The van der Waals surface area contributed by atoms with Crippen LogP contribution in [0.2, 0.25) is 0 Å². The number of aliphatic hydroxyl groups excluding tert-OH is 2. The van der Waals surface area contributed by atoms with Crippen molar-refractivity contribution in [2.75, 3.05) is 6.61 Å². The summed E-state index contributed by atoms with van der Waals surface area (Å²) in [6.07, 6.45) is 0.208. The standard InChI is InChI=1S/C5H10O3/c6-4-1-2-5(7)8-3-4/h4-7H,1-3H2/t4-,5?/m1/s1. The molecule has 3 heteroatoms. The summed E-state index contributed by atoms with van der Waals surface area (Å²) in [5, 5.41) is 17.5. The second kappa shape index (κ2) is 2.44. The highest BCUT2D eigenvalue weighted by Gasteiger charge is 2.16. The van der Waals surface area contributed by atoms with Gasteiger partial charge in [0.2, 0.25) is 0 Å². The maximum Gasteiger partial charge on any atom is 0.154 e. The Morgan fingerprint density at radius 1 is 1.25 bits per heavy atom. The zero-order valence-electron chi connectivity index (χ0n) is 4.58. The van der Waals surface area contributed by atoms with Gasteiger partial charge in [0.15, 0.2) is 6.29 Å². The fourth-order valence-electron chi connectivity index (χ4n) is 0.724. The van der Waals surface area contributed by atoms with Gasteiger partial charge in [0.05, 0.1) is 12.7 Å². The molecule has 0 aromatic heterocycles. The molecule has 0 saturated carbocycles. The van der Waals surface area contributed by atoms with Crippen molar-refractivity contribution >= 4 is 0 Å². The van der Waals surface area contributed by atoms with Crippen molar-refractivity contribution in [3.8, 4) is 0 Å². The number of hydrogen-bond acceptors (Lipinski definition) is 3. The Bertz CT molecular complexity index is 56.1. The average molecular weight is 118 g/mol. The van der Waals surface area contributed by atoms with Gasteiger partial charge in [-0.2, -0.15) is 0 Å². The molecule has 0 aromatic rings. The number of ether oxygens (including phenoxy) is 1. The van der Waals surface area contributed by atoms with Gasteiger partial charge in [-0.05, 0) is 6.42 Å². The first-order valence-corrected chi connectivity index (χ1v) is 2.77. The Hall–Kier alpha value is -0.120. The molecule has 2 N–H and O–H groups in total. The van der Waals surface area contributed by atoms with Crippen LogP contribution in [0, 0.1) is 0 Å². The summed E-state index contributed by atoms with van der Waals surface area (Å²) in [5.74, 6) is 0. The fourth-order valence-corrected chi connectivity index (χ4v) is 0.724. The SMILES string of the molecule is OC1CC[C@@H](O)CO1. The Morgan fingerprint density at radius 2 is 2.00 bits per heavy atom. The van der Waals surface area contributed by atoms with Crippen LogP contribution in [-0.2, 0) is 4.74 Å². The Kier molecular flexibility index (Phi) is 1.83. The minimum atomic E-state index is -0.640. The zero-order chi connectivity index (χ0) is 5.98. The van der Waals surface area contributed by atoms with E-state index in [1.54, 1.807) is 0 Å². The number of aliphatic hydroxyl groups is 2. The number of rotatable bonds is 0. The molecule has 0 aromatic carbocycles. The lowest BCUT2D eigenvalue weighted by Crippen LogP contribution is -2.28. The van der Waals surface area contributed by atoms with Crippen LogP contribution >= 0.6 is 0 Å². The van der Waals surface area contributed by atoms with Gasteiger partial charge in [0.1, 0.15) is 0 Å². The highest BCUT2D eigenvalue weighted by molar-refractivity contribution is 4.60. The van der Waals surface area contributed by atoms with Crippen molar-refractivity contribution in [2.24, 2.45) is 0 Å². The molecule has 0 spiro atoms. The minimum Gasteiger partial charge on any atom is -0.391 e. The lowest BCUT2D eigenvalue weighted by atomic mass is 10.2. The topological polar surface area (TPSA) is 49.7 Å². The first-order valence-electron chi connectivity index (χ1n) is 2.77. The van der Waals surface area contributed by atoms with Crippen LogP contribution in [0.1, 0.15) is 12.8 Å². The predicted molar refractivity (Wildman–Crippen MR) is 27.2 cm³/mol. The van der Waals surface area contributed by atoms with E-state index in [2.05, 4.69) is 0 Å². The average Bonchev–Trinajstić information content (AvgIpc) is 1.77. The van der Waals surface area contributed by atoms with E-state index in [0.717, 1.165) is 0 Å².